The van der Waals surface area contributed by atoms with E-state index in [1.165, 1.54) is 0 Å². The zero-order valence-electron chi connectivity index (χ0n) is 12.9. The molecule has 0 radical (unpaired) electrons. The Morgan fingerprint density at radius 2 is 2.00 bits per heavy atom. The summed E-state index contributed by atoms with van der Waals surface area (Å²) in [5.41, 5.74) is 0. The molecule has 0 spiro atoms. The molecule has 7 heteroatoms. The number of rotatable bonds is 11. The number of aromatic nitrogens is 1. The zero-order chi connectivity index (χ0) is 15.6. The van der Waals surface area contributed by atoms with Crippen LogP contribution in [0.2, 0.25) is 12.6 Å². The molecule has 120 valence electrons. The van der Waals surface area contributed by atoms with Gasteiger partial charge in [-0.3, -0.25) is 0 Å². The van der Waals surface area contributed by atoms with E-state index in [-0.39, 0.29) is 13.2 Å². The number of aliphatic hydroxyl groups excluding tert-OH is 1. The summed E-state index contributed by atoms with van der Waals surface area (Å²) in [6.07, 6.45) is 1.82. The summed E-state index contributed by atoms with van der Waals surface area (Å²) in [5, 5.41) is 9.74. The lowest BCUT2D eigenvalue weighted by Gasteiger charge is -2.22. The zero-order valence-corrected chi connectivity index (χ0v) is 13.9. The van der Waals surface area contributed by atoms with Gasteiger partial charge in [0.1, 0.15) is 12.7 Å². The highest BCUT2D eigenvalue weighted by atomic mass is 28.4. The van der Waals surface area contributed by atoms with E-state index in [0.717, 1.165) is 12.5 Å². The first-order valence-corrected chi connectivity index (χ1v) is 9.52. The Bertz CT molecular complexity index is 375. The van der Waals surface area contributed by atoms with E-state index < -0.39 is 14.7 Å². The van der Waals surface area contributed by atoms with Crippen LogP contribution in [-0.2, 0) is 13.6 Å². The van der Waals surface area contributed by atoms with Crippen LogP contribution in [0.15, 0.2) is 24.4 Å². The van der Waals surface area contributed by atoms with Crippen molar-refractivity contribution in [2.24, 2.45) is 0 Å². The van der Waals surface area contributed by atoms with E-state index in [4.69, 9.17) is 18.3 Å². The normalized spacial score (nSPS) is 13.1. The maximum Gasteiger partial charge on any atom is 0.334 e. The average Bonchev–Trinajstić information content (AvgIpc) is 2.53. The van der Waals surface area contributed by atoms with Gasteiger partial charge in [-0.2, -0.15) is 0 Å². The molecule has 1 N–H and O–H groups in total. The number of hydrogen-bond donors (Lipinski definition) is 1. The summed E-state index contributed by atoms with van der Waals surface area (Å²) in [5.74, 6) is 0.499. The lowest BCUT2D eigenvalue weighted by Crippen LogP contribution is -2.36. The van der Waals surface area contributed by atoms with Crippen molar-refractivity contribution in [3.8, 4) is 5.88 Å². The number of aliphatic hydroxyl groups is 1. The van der Waals surface area contributed by atoms with Crippen LogP contribution in [0.3, 0.4) is 0 Å². The number of pyridine rings is 1. The quantitative estimate of drug-likeness (QED) is 0.494. The van der Waals surface area contributed by atoms with Gasteiger partial charge in [-0.05, 0) is 25.1 Å². The third kappa shape index (κ3) is 7.54. The van der Waals surface area contributed by atoms with E-state index in [1.54, 1.807) is 26.5 Å². The molecule has 6 nitrogen and oxygen atoms in total. The minimum absolute atomic E-state index is 0.166. The summed E-state index contributed by atoms with van der Waals surface area (Å²) in [7, 11) is 1.34. The molecule has 0 saturated heterocycles. The molecule has 0 amide bonds. The molecule has 0 fully saturated rings. The fourth-order valence-corrected chi connectivity index (χ4v) is 3.03. The van der Waals surface area contributed by atoms with E-state index in [2.05, 4.69) is 4.98 Å². The molecule has 1 heterocycles. The van der Waals surface area contributed by atoms with Crippen LogP contribution in [-0.4, -0.2) is 58.8 Å². The third-order valence-electron chi connectivity index (χ3n) is 3.15. The molecule has 21 heavy (non-hydrogen) atoms. The standard InChI is InChI=1S/C14H25NO5Si/c1-17-21(3,18-2)10-6-9-19-11-13(16)12-20-14-7-4-5-8-15-14/h4-5,7-8,13,16H,6,9-12H2,1-3H3. The van der Waals surface area contributed by atoms with Crippen molar-refractivity contribution in [1.82, 2.24) is 4.98 Å². The highest BCUT2D eigenvalue weighted by Crippen LogP contribution is 2.13. The van der Waals surface area contributed by atoms with Crippen LogP contribution in [0.5, 0.6) is 5.88 Å². The predicted molar refractivity (Wildman–Crippen MR) is 81.6 cm³/mol. The SMILES string of the molecule is CO[Si](C)(CCCOCC(O)COc1ccccn1)OC. The Hall–Kier alpha value is -0.993. The van der Waals surface area contributed by atoms with Gasteiger partial charge in [0.25, 0.3) is 0 Å². The highest BCUT2D eigenvalue weighted by Gasteiger charge is 2.27. The van der Waals surface area contributed by atoms with E-state index in [9.17, 15) is 5.11 Å². The molecular weight excluding hydrogens is 290 g/mol. The van der Waals surface area contributed by atoms with Crippen LogP contribution >= 0.6 is 0 Å². The number of hydrogen-bond acceptors (Lipinski definition) is 6. The van der Waals surface area contributed by atoms with Gasteiger partial charge in [-0.25, -0.2) is 4.98 Å². The van der Waals surface area contributed by atoms with Crippen molar-refractivity contribution in [2.75, 3.05) is 34.0 Å². The van der Waals surface area contributed by atoms with E-state index in [0.29, 0.717) is 12.5 Å². The molecule has 0 aliphatic carbocycles. The second kappa shape index (κ2) is 9.86. The number of nitrogens with zero attached hydrogens (tertiary/aromatic N) is 1. The minimum atomic E-state index is -2.01. The van der Waals surface area contributed by atoms with Crippen molar-refractivity contribution >= 4 is 8.56 Å². The summed E-state index contributed by atoms with van der Waals surface area (Å²) < 4.78 is 21.5. The largest absolute Gasteiger partial charge is 0.475 e. The predicted octanol–water partition coefficient (Wildman–Crippen LogP) is 1.59. The van der Waals surface area contributed by atoms with Gasteiger partial charge in [0, 0.05) is 33.1 Å². The van der Waals surface area contributed by atoms with Crippen molar-refractivity contribution < 1.29 is 23.4 Å². The summed E-state index contributed by atoms with van der Waals surface area (Å²) in [6, 6.07) is 6.25. The molecule has 0 aromatic carbocycles. The van der Waals surface area contributed by atoms with Crippen molar-refractivity contribution in [3.63, 3.8) is 0 Å². The third-order valence-corrected chi connectivity index (χ3v) is 6.14. The summed E-state index contributed by atoms with van der Waals surface area (Å²) in [4.78, 5) is 4.01. The van der Waals surface area contributed by atoms with E-state index in [1.807, 2.05) is 18.7 Å². The Morgan fingerprint density at radius 1 is 1.24 bits per heavy atom. The summed E-state index contributed by atoms with van der Waals surface area (Å²) in [6.45, 7) is 2.99. The molecule has 0 aliphatic heterocycles. The fraction of sp³-hybridized carbons (Fsp3) is 0.643. The topological polar surface area (TPSA) is 70.0 Å². The van der Waals surface area contributed by atoms with Gasteiger partial charge in [-0.15, -0.1) is 0 Å². The minimum Gasteiger partial charge on any atom is -0.475 e. The molecular formula is C14H25NO5Si. The molecule has 1 aromatic heterocycles. The Balaban J connectivity index is 2.07. The van der Waals surface area contributed by atoms with Gasteiger partial charge in [0.2, 0.25) is 5.88 Å². The first-order chi connectivity index (χ1) is 10.1. The monoisotopic (exact) mass is 315 g/mol. The lowest BCUT2D eigenvalue weighted by atomic mass is 10.4. The van der Waals surface area contributed by atoms with E-state index >= 15 is 0 Å². The van der Waals surface area contributed by atoms with Gasteiger partial charge in [-0.1, -0.05) is 6.07 Å². The van der Waals surface area contributed by atoms with Crippen LogP contribution < -0.4 is 4.74 Å². The van der Waals surface area contributed by atoms with Crippen molar-refractivity contribution in [1.29, 1.82) is 0 Å². The maximum absolute atomic E-state index is 9.74. The Morgan fingerprint density at radius 3 is 2.62 bits per heavy atom. The van der Waals surface area contributed by atoms with Gasteiger partial charge < -0.3 is 23.4 Å². The summed E-state index contributed by atoms with van der Waals surface area (Å²) >= 11 is 0. The average molecular weight is 315 g/mol. The maximum atomic E-state index is 9.74. The van der Waals surface area contributed by atoms with Gasteiger partial charge in [0.05, 0.1) is 6.61 Å². The molecule has 1 atom stereocenters. The van der Waals surface area contributed by atoms with Crippen molar-refractivity contribution in [3.05, 3.63) is 24.4 Å². The van der Waals surface area contributed by atoms with Gasteiger partial charge >= 0.3 is 8.56 Å². The van der Waals surface area contributed by atoms with Crippen LogP contribution in [0.25, 0.3) is 0 Å². The Kier molecular flexibility index (Phi) is 8.47. The van der Waals surface area contributed by atoms with Crippen molar-refractivity contribution in [2.45, 2.75) is 25.1 Å². The molecule has 1 rings (SSSR count). The first-order valence-electron chi connectivity index (χ1n) is 6.99. The fourth-order valence-electron chi connectivity index (χ4n) is 1.66. The first kappa shape index (κ1) is 18.1. The number of ether oxygens (including phenoxy) is 2. The van der Waals surface area contributed by atoms with Crippen LogP contribution in [0.4, 0.5) is 0 Å². The second-order valence-electron chi connectivity index (χ2n) is 4.85. The highest BCUT2D eigenvalue weighted by molar-refractivity contribution is 6.65. The molecule has 0 aliphatic rings. The van der Waals surface area contributed by atoms with Gasteiger partial charge in [0.15, 0.2) is 0 Å². The lowest BCUT2D eigenvalue weighted by molar-refractivity contribution is 0.0110. The molecule has 0 saturated carbocycles. The molecule has 1 unspecified atom stereocenters. The second-order valence-corrected chi connectivity index (χ2v) is 8.44. The van der Waals surface area contributed by atoms with Crippen LogP contribution in [0, 0.1) is 0 Å². The van der Waals surface area contributed by atoms with Crippen LogP contribution in [0.1, 0.15) is 6.42 Å². The Labute approximate surface area is 127 Å². The molecule has 1 aromatic rings. The smallest absolute Gasteiger partial charge is 0.334 e. The molecule has 0 bridgehead atoms.